The second-order valence-electron chi connectivity index (χ2n) is 5.91. The number of aromatic nitrogens is 1. The third-order valence-electron chi connectivity index (χ3n) is 3.99. The number of pyridine rings is 1. The molecule has 2 heterocycles. The van der Waals surface area contributed by atoms with Gasteiger partial charge in [-0.05, 0) is 48.5 Å². The van der Waals surface area contributed by atoms with Crippen molar-refractivity contribution in [3.05, 3.63) is 77.1 Å². The number of hydrogen-bond donors (Lipinski definition) is 2. The van der Waals surface area contributed by atoms with E-state index in [1.54, 1.807) is 42.5 Å². The fourth-order valence-electron chi connectivity index (χ4n) is 2.60. The summed E-state index contributed by atoms with van der Waals surface area (Å²) in [6.45, 7) is 0.156. The van der Waals surface area contributed by atoms with Crippen molar-refractivity contribution in [2.24, 2.45) is 0 Å². The van der Waals surface area contributed by atoms with Gasteiger partial charge in [-0.25, -0.2) is 0 Å². The average molecular weight is 396 g/mol. The highest BCUT2D eigenvalue weighted by atomic mass is 35.5. The molecule has 1 aliphatic heterocycles. The molecule has 0 radical (unpaired) electrons. The normalized spacial score (nSPS) is 11.8. The molecule has 8 heteroatoms. The molecule has 0 aliphatic carbocycles. The lowest BCUT2D eigenvalue weighted by atomic mass is 10.2. The van der Waals surface area contributed by atoms with Gasteiger partial charge >= 0.3 is 0 Å². The van der Waals surface area contributed by atoms with E-state index in [1.165, 1.54) is 18.3 Å². The molecule has 0 saturated heterocycles. The topological polar surface area (TPSA) is 89.6 Å². The summed E-state index contributed by atoms with van der Waals surface area (Å²) in [5, 5.41) is 6.04. The van der Waals surface area contributed by atoms with Crippen molar-refractivity contribution in [3.63, 3.8) is 0 Å². The molecule has 28 heavy (non-hydrogen) atoms. The molecule has 0 atom stereocenters. The number of ether oxygens (including phenoxy) is 2. The summed E-state index contributed by atoms with van der Waals surface area (Å²) in [4.78, 5) is 29.0. The number of carbonyl (C=O) groups excluding carboxylic acids is 2. The van der Waals surface area contributed by atoms with E-state index in [-0.39, 0.29) is 18.4 Å². The molecule has 2 amide bonds. The van der Waals surface area contributed by atoms with Crippen LogP contribution in [-0.4, -0.2) is 23.6 Å². The summed E-state index contributed by atoms with van der Waals surface area (Å²) in [7, 11) is 0. The van der Waals surface area contributed by atoms with Crippen molar-refractivity contribution in [1.29, 1.82) is 0 Å². The molecule has 2 N–H and O–H groups in total. The van der Waals surface area contributed by atoms with Crippen LogP contribution in [0.5, 0.6) is 11.5 Å². The van der Waals surface area contributed by atoms with Crippen molar-refractivity contribution in [3.8, 4) is 11.5 Å². The van der Waals surface area contributed by atoms with Crippen LogP contribution in [-0.2, 0) is 0 Å². The minimum Gasteiger partial charge on any atom is -0.454 e. The lowest BCUT2D eigenvalue weighted by molar-refractivity contribution is 0.102. The smallest absolute Gasteiger partial charge is 0.274 e. The molecular weight excluding hydrogens is 382 g/mol. The van der Waals surface area contributed by atoms with Gasteiger partial charge < -0.3 is 20.1 Å². The summed E-state index contributed by atoms with van der Waals surface area (Å²) in [5.74, 6) is 0.389. The van der Waals surface area contributed by atoms with Gasteiger partial charge in [0.05, 0.1) is 0 Å². The SMILES string of the molecule is O=C(Nc1ccc2c(c1)OCO2)c1ccnc(C(=O)Nc2ccc(Cl)cc2)c1. The Kier molecular flexibility index (Phi) is 4.82. The summed E-state index contributed by atoms with van der Waals surface area (Å²) in [6.07, 6.45) is 1.41. The zero-order chi connectivity index (χ0) is 19.5. The van der Waals surface area contributed by atoms with E-state index in [2.05, 4.69) is 15.6 Å². The number of nitrogens with zero attached hydrogens (tertiary/aromatic N) is 1. The summed E-state index contributed by atoms with van der Waals surface area (Å²) >= 11 is 5.83. The zero-order valence-electron chi connectivity index (χ0n) is 14.4. The maximum Gasteiger partial charge on any atom is 0.274 e. The Bertz CT molecular complexity index is 1050. The fraction of sp³-hybridized carbons (Fsp3) is 0.0500. The molecule has 7 nitrogen and oxygen atoms in total. The van der Waals surface area contributed by atoms with E-state index in [0.29, 0.717) is 33.5 Å². The van der Waals surface area contributed by atoms with Gasteiger partial charge in [0.2, 0.25) is 6.79 Å². The van der Waals surface area contributed by atoms with E-state index in [4.69, 9.17) is 21.1 Å². The number of rotatable bonds is 4. The van der Waals surface area contributed by atoms with Crippen LogP contribution in [0.3, 0.4) is 0 Å². The van der Waals surface area contributed by atoms with Gasteiger partial charge in [-0.1, -0.05) is 11.6 Å². The second kappa shape index (κ2) is 7.58. The third-order valence-corrected chi connectivity index (χ3v) is 4.24. The maximum atomic E-state index is 12.5. The monoisotopic (exact) mass is 395 g/mol. The van der Waals surface area contributed by atoms with Crippen molar-refractivity contribution < 1.29 is 19.1 Å². The molecule has 0 fully saturated rings. The van der Waals surface area contributed by atoms with E-state index in [1.807, 2.05) is 0 Å². The number of carbonyl (C=O) groups is 2. The first kappa shape index (κ1) is 17.8. The number of hydrogen-bond acceptors (Lipinski definition) is 5. The fourth-order valence-corrected chi connectivity index (χ4v) is 2.73. The van der Waals surface area contributed by atoms with Gasteiger partial charge in [0, 0.05) is 34.2 Å². The van der Waals surface area contributed by atoms with Crippen molar-refractivity contribution >= 4 is 34.8 Å². The van der Waals surface area contributed by atoms with Crippen LogP contribution in [0.4, 0.5) is 11.4 Å². The Hall–Kier alpha value is -3.58. The maximum absolute atomic E-state index is 12.5. The van der Waals surface area contributed by atoms with Gasteiger partial charge in [0.25, 0.3) is 11.8 Å². The number of halogens is 1. The first-order chi connectivity index (χ1) is 13.6. The van der Waals surface area contributed by atoms with E-state index < -0.39 is 5.91 Å². The Morgan fingerprint density at radius 3 is 2.39 bits per heavy atom. The summed E-state index contributed by atoms with van der Waals surface area (Å²) in [6, 6.07) is 14.7. The largest absolute Gasteiger partial charge is 0.454 e. The summed E-state index contributed by atoms with van der Waals surface area (Å²) in [5.41, 5.74) is 1.55. The van der Waals surface area contributed by atoms with E-state index >= 15 is 0 Å². The Morgan fingerprint density at radius 2 is 1.57 bits per heavy atom. The Morgan fingerprint density at radius 1 is 0.857 bits per heavy atom. The molecule has 140 valence electrons. The van der Waals surface area contributed by atoms with Crippen LogP contribution < -0.4 is 20.1 Å². The van der Waals surface area contributed by atoms with Gasteiger partial charge in [-0.15, -0.1) is 0 Å². The molecular formula is C20H14ClN3O4. The van der Waals surface area contributed by atoms with Crippen molar-refractivity contribution in [1.82, 2.24) is 4.98 Å². The minimum atomic E-state index is -0.431. The highest BCUT2D eigenvalue weighted by Gasteiger charge is 2.16. The lowest BCUT2D eigenvalue weighted by Crippen LogP contribution is -2.17. The van der Waals surface area contributed by atoms with E-state index in [0.717, 1.165) is 0 Å². The van der Waals surface area contributed by atoms with Crippen molar-refractivity contribution in [2.45, 2.75) is 0 Å². The number of anilines is 2. The predicted molar refractivity (Wildman–Crippen MR) is 104 cm³/mol. The zero-order valence-corrected chi connectivity index (χ0v) is 15.2. The third kappa shape index (κ3) is 3.89. The molecule has 0 unspecified atom stereocenters. The predicted octanol–water partition coefficient (Wildman–Crippen LogP) is 3.97. The Labute approximate surface area is 165 Å². The molecule has 1 aromatic heterocycles. The first-order valence-electron chi connectivity index (χ1n) is 8.32. The van der Waals surface area contributed by atoms with Crippen LogP contribution in [0.25, 0.3) is 0 Å². The highest BCUT2D eigenvalue weighted by Crippen LogP contribution is 2.34. The van der Waals surface area contributed by atoms with Gasteiger partial charge in [-0.3, -0.25) is 14.6 Å². The van der Waals surface area contributed by atoms with Crippen LogP contribution in [0.1, 0.15) is 20.8 Å². The first-order valence-corrected chi connectivity index (χ1v) is 8.70. The highest BCUT2D eigenvalue weighted by molar-refractivity contribution is 6.30. The molecule has 0 bridgehead atoms. The Balaban J connectivity index is 1.47. The molecule has 3 aromatic rings. The number of fused-ring (bicyclic) bond motifs is 1. The number of benzene rings is 2. The standard InChI is InChI=1S/C20H14ClN3O4/c21-13-1-3-14(4-2-13)23-20(26)16-9-12(7-8-22-16)19(25)24-15-5-6-17-18(10-15)28-11-27-17/h1-10H,11H2,(H,23,26)(H,24,25). The molecule has 1 aliphatic rings. The number of nitrogens with one attached hydrogen (secondary N) is 2. The summed E-state index contributed by atoms with van der Waals surface area (Å²) < 4.78 is 10.5. The average Bonchev–Trinajstić information content (AvgIpc) is 3.17. The number of amides is 2. The molecule has 4 rings (SSSR count). The van der Waals surface area contributed by atoms with Crippen molar-refractivity contribution in [2.75, 3.05) is 17.4 Å². The minimum absolute atomic E-state index is 0.119. The molecule has 2 aromatic carbocycles. The van der Waals surface area contributed by atoms with Gasteiger partial charge in [-0.2, -0.15) is 0 Å². The molecule has 0 spiro atoms. The quantitative estimate of drug-likeness (QED) is 0.697. The van der Waals surface area contributed by atoms with Crippen LogP contribution in [0.2, 0.25) is 5.02 Å². The van der Waals surface area contributed by atoms with Crippen LogP contribution >= 0.6 is 11.6 Å². The van der Waals surface area contributed by atoms with Crippen LogP contribution in [0, 0.1) is 0 Å². The van der Waals surface area contributed by atoms with Gasteiger partial charge in [0.1, 0.15) is 5.69 Å². The van der Waals surface area contributed by atoms with E-state index in [9.17, 15) is 9.59 Å². The second-order valence-corrected chi connectivity index (χ2v) is 6.35. The van der Waals surface area contributed by atoms with Gasteiger partial charge in [0.15, 0.2) is 11.5 Å². The van der Waals surface area contributed by atoms with Crippen LogP contribution in [0.15, 0.2) is 60.8 Å². The molecule has 0 saturated carbocycles. The lowest BCUT2D eigenvalue weighted by Gasteiger charge is -2.08.